The zero-order valence-corrected chi connectivity index (χ0v) is 14.0. The first-order chi connectivity index (χ1) is 11.3. The van der Waals surface area contributed by atoms with E-state index in [1.54, 1.807) is 12.1 Å². The zero-order chi connectivity index (χ0) is 17.9. The van der Waals surface area contributed by atoms with Gasteiger partial charge in [0.05, 0.1) is 16.5 Å². The molecule has 0 amide bonds. The monoisotopic (exact) mass is 372 g/mol. The maximum absolute atomic E-state index is 11.9. The van der Waals surface area contributed by atoms with Crippen molar-refractivity contribution in [3.8, 4) is 0 Å². The summed E-state index contributed by atoms with van der Waals surface area (Å²) in [5.41, 5.74) is 1.76. The van der Waals surface area contributed by atoms with E-state index >= 15 is 0 Å². The summed E-state index contributed by atoms with van der Waals surface area (Å²) in [6.07, 6.45) is 0.277. The van der Waals surface area contributed by atoms with Gasteiger partial charge in [0.2, 0.25) is 0 Å². The van der Waals surface area contributed by atoms with Gasteiger partial charge in [-0.25, -0.2) is 9.59 Å². The van der Waals surface area contributed by atoms with Crippen LogP contribution >= 0.6 is 23.2 Å². The summed E-state index contributed by atoms with van der Waals surface area (Å²) in [5.74, 6) is -2.87. The van der Waals surface area contributed by atoms with Gasteiger partial charge in [-0.15, -0.1) is 0 Å². The Morgan fingerprint density at radius 1 is 1.17 bits per heavy atom. The van der Waals surface area contributed by atoms with Gasteiger partial charge >= 0.3 is 17.9 Å². The molecule has 0 aromatic heterocycles. The van der Waals surface area contributed by atoms with Gasteiger partial charge in [-0.05, 0) is 23.3 Å². The summed E-state index contributed by atoms with van der Waals surface area (Å²) < 4.78 is 9.75. The number of halogens is 2. The molecule has 1 N–H and O–H groups in total. The molecule has 8 heteroatoms. The van der Waals surface area contributed by atoms with Crippen molar-refractivity contribution < 1.29 is 29.0 Å². The highest BCUT2D eigenvalue weighted by molar-refractivity contribution is 6.42. The van der Waals surface area contributed by atoms with Crippen LogP contribution in [-0.2, 0) is 36.7 Å². The third kappa shape index (κ3) is 4.72. The smallest absolute Gasteiger partial charge is 0.341 e. The van der Waals surface area contributed by atoms with E-state index in [4.69, 9.17) is 33.0 Å². The van der Waals surface area contributed by atoms with Crippen molar-refractivity contribution in [2.24, 2.45) is 0 Å². The van der Waals surface area contributed by atoms with Crippen LogP contribution in [0, 0.1) is 0 Å². The molecule has 0 unspecified atom stereocenters. The molecule has 1 aliphatic rings. The molecule has 1 aromatic rings. The lowest BCUT2D eigenvalue weighted by molar-refractivity contribution is -0.154. The second-order valence-electron chi connectivity index (χ2n) is 5.31. The van der Waals surface area contributed by atoms with Crippen LogP contribution in [0.2, 0.25) is 10.0 Å². The van der Waals surface area contributed by atoms with Gasteiger partial charge < -0.3 is 14.6 Å². The molecular formula is C16H14Cl2O6. The quantitative estimate of drug-likeness (QED) is 0.609. The topological polar surface area (TPSA) is 89.9 Å². The van der Waals surface area contributed by atoms with E-state index < -0.39 is 24.5 Å². The van der Waals surface area contributed by atoms with Gasteiger partial charge in [0.1, 0.15) is 6.10 Å². The number of aliphatic carboxylic acids is 1. The SMILES string of the molecule is C=C(CC(=O)OC1Cc2cc(Cl)c(Cl)cc2C1)C(=O)OCC(=O)O. The molecule has 24 heavy (non-hydrogen) atoms. The second kappa shape index (κ2) is 7.68. The highest BCUT2D eigenvalue weighted by atomic mass is 35.5. The summed E-state index contributed by atoms with van der Waals surface area (Å²) >= 11 is 11.9. The summed E-state index contributed by atoms with van der Waals surface area (Å²) in [6.45, 7) is 2.62. The predicted octanol–water partition coefficient (Wildman–Crippen LogP) is 2.58. The molecule has 0 saturated carbocycles. The van der Waals surface area contributed by atoms with Crippen molar-refractivity contribution in [3.05, 3.63) is 45.5 Å². The Labute approximate surface area is 147 Å². The van der Waals surface area contributed by atoms with E-state index in [2.05, 4.69) is 11.3 Å². The summed E-state index contributed by atoms with van der Waals surface area (Å²) in [6, 6.07) is 3.49. The van der Waals surface area contributed by atoms with E-state index in [1.807, 2.05) is 0 Å². The summed E-state index contributed by atoms with van der Waals surface area (Å²) in [4.78, 5) is 33.6. The molecule has 0 radical (unpaired) electrons. The van der Waals surface area contributed by atoms with Crippen molar-refractivity contribution in [1.29, 1.82) is 0 Å². The van der Waals surface area contributed by atoms with Gasteiger partial charge in [0.25, 0.3) is 0 Å². The number of carboxylic acid groups (broad SMARTS) is 1. The molecule has 128 valence electrons. The highest BCUT2D eigenvalue weighted by Gasteiger charge is 2.26. The molecule has 0 bridgehead atoms. The molecule has 0 spiro atoms. The maximum atomic E-state index is 11.9. The van der Waals surface area contributed by atoms with Crippen LogP contribution in [0.1, 0.15) is 17.5 Å². The summed E-state index contributed by atoms with van der Waals surface area (Å²) in [7, 11) is 0. The number of benzene rings is 1. The van der Waals surface area contributed by atoms with E-state index in [-0.39, 0.29) is 18.1 Å². The summed E-state index contributed by atoms with van der Waals surface area (Å²) in [5, 5.41) is 9.31. The minimum absolute atomic E-state index is 0.164. The lowest BCUT2D eigenvalue weighted by Gasteiger charge is -2.12. The number of hydrogen-bond donors (Lipinski definition) is 1. The van der Waals surface area contributed by atoms with Crippen LogP contribution in [0.15, 0.2) is 24.3 Å². The Morgan fingerprint density at radius 3 is 2.21 bits per heavy atom. The number of rotatable bonds is 6. The first kappa shape index (κ1) is 18.3. The fourth-order valence-corrected chi connectivity index (χ4v) is 2.73. The molecule has 0 aliphatic heterocycles. The van der Waals surface area contributed by atoms with E-state index in [0.717, 1.165) is 11.1 Å². The van der Waals surface area contributed by atoms with Crippen molar-refractivity contribution in [1.82, 2.24) is 0 Å². The zero-order valence-electron chi connectivity index (χ0n) is 12.5. The van der Waals surface area contributed by atoms with Crippen LogP contribution in [0.25, 0.3) is 0 Å². The standard InChI is InChI=1S/C16H14Cl2O6/c1-8(16(22)23-7-14(19)20)2-15(21)24-11-3-9-5-12(17)13(18)6-10(9)4-11/h5-6,11H,1-4,7H2,(H,19,20). The van der Waals surface area contributed by atoms with Crippen molar-refractivity contribution in [2.45, 2.75) is 25.4 Å². The number of hydrogen-bond acceptors (Lipinski definition) is 5. The van der Waals surface area contributed by atoms with Crippen LogP contribution < -0.4 is 0 Å². The Bertz CT molecular complexity index is 682. The van der Waals surface area contributed by atoms with Gasteiger partial charge in [0, 0.05) is 18.4 Å². The average molecular weight is 373 g/mol. The second-order valence-corrected chi connectivity index (χ2v) is 6.12. The van der Waals surface area contributed by atoms with Gasteiger partial charge in [-0.1, -0.05) is 29.8 Å². The Kier molecular flexibility index (Phi) is 5.85. The molecule has 1 aromatic carbocycles. The van der Waals surface area contributed by atoms with Crippen LogP contribution in [0.5, 0.6) is 0 Å². The highest BCUT2D eigenvalue weighted by Crippen LogP contribution is 2.32. The predicted molar refractivity (Wildman–Crippen MR) is 86.1 cm³/mol. The largest absolute Gasteiger partial charge is 0.479 e. The van der Waals surface area contributed by atoms with E-state index in [9.17, 15) is 14.4 Å². The lowest BCUT2D eigenvalue weighted by Crippen LogP contribution is -2.21. The van der Waals surface area contributed by atoms with E-state index in [0.29, 0.717) is 22.9 Å². The Balaban J connectivity index is 1.84. The van der Waals surface area contributed by atoms with Crippen LogP contribution in [-0.4, -0.2) is 35.7 Å². The number of carbonyl (C=O) groups excluding carboxylic acids is 2. The number of ether oxygens (including phenoxy) is 2. The maximum Gasteiger partial charge on any atom is 0.341 e. The average Bonchev–Trinajstić information content (AvgIpc) is 2.85. The number of fused-ring (bicyclic) bond motifs is 1. The third-order valence-corrected chi connectivity index (χ3v) is 4.13. The molecule has 0 heterocycles. The van der Waals surface area contributed by atoms with Gasteiger partial charge in [-0.3, -0.25) is 4.79 Å². The van der Waals surface area contributed by atoms with Crippen LogP contribution in [0.3, 0.4) is 0 Å². The number of carboxylic acids is 1. The van der Waals surface area contributed by atoms with Crippen molar-refractivity contribution in [3.63, 3.8) is 0 Å². The van der Waals surface area contributed by atoms with Crippen LogP contribution in [0.4, 0.5) is 0 Å². The minimum Gasteiger partial charge on any atom is -0.479 e. The molecule has 0 atom stereocenters. The number of carbonyl (C=O) groups is 3. The normalized spacial score (nSPS) is 13.2. The minimum atomic E-state index is -1.29. The van der Waals surface area contributed by atoms with Gasteiger partial charge in [-0.2, -0.15) is 0 Å². The third-order valence-electron chi connectivity index (χ3n) is 3.41. The molecular weight excluding hydrogens is 359 g/mol. The molecule has 6 nitrogen and oxygen atoms in total. The Morgan fingerprint density at radius 2 is 1.71 bits per heavy atom. The van der Waals surface area contributed by atoms with Crippen molar-refractivity contribution >= 4 is 41.1 Å². The first-order valence-corrected chi connectivity index (χ1v) is 7.75. The fraction of sp³-hybridized carbons (Fsp3) is 0.312. The number of esters is 2. The van der Waals surface area contributed by atoms with E-state index in [1.165, 1.54) is 0 Å². The molecule has 1 aliphatic carbocycles. The van der Waals surface area contributed by atoms with Gasteiger partial charge in [0.15, 0.2) is 6.61 Å². The van der Waals surface area contributed by atoms with Crippen molar-refractivity contribution in [2.75, 3.05) is 6.61 Å². The first-order valence-electron chi connectivity index (χ1n) is 6.99. The molecule has 0 fully saturated rings. The molecule has 0 saturated heterocycles. The molecule has 2 rings (SSSR count). The lowest BCUT2D eigenvalue weighted by atomic mass is 10.1. The Hall–Kier alpha value is -2.05. The fourth-order valence-electron chi connectivity index (χ4n) is 2.36.